The third kappa shape index (κ3) is 3.97. The molecular formula is C12H8N2O7P+. The summed E-state index contributed by atoms with van der Waals surface area (Å²) in [5, 5.41) is 21.2. The molecule has 0 aliphatic heterocycles. The molecule has 0 amide bonds. The number of nitrogens with zero attached hydrogens (tertiary/aromatic N) is 2. The van der Waals surface area contributed by atoms with Crippen molar-refractivity contribution >= 4 is 19.6 Å². The lowest BCUT2D eigenvalue weighted by molar-refractivity contribution is -0.385. The maximum Gasteiger partial charge on any atom is 0.805 e. The van der Waals surface area contributed by atoms with Crippen LogP contribution in [0.4, 0.5) is 11.4 Å². The van der Waals surface area contributed by atoms with Gasteiger partial charge in [0.2, 0.25) is 0 Å². The summed E-state index contributed by atoms with van der Waals surface area (Å²) in [5.41, 5.74) is -0.451. The molecule has 0 spiro atoms. The van der Waals surface area contributed by atoms with Crippen LogP contribution in [-0.4, -0.2) is 9.85 Å². The van der Waals surface area contributed by atoms with E-state index in [2.05, 4.69) is 0 Å². The van der Waals surface area contributed by atoms with E-state index >= 15 is 0 Å². The van der Waals surface area contributed by atoms with Crippen LogP contribution in [0.15, 0.2) is 48.5 Å². The van der Waals surface area contributed by atoms with Gasteiger partial charge in [-0.25, -0.2) is 9.05 Å². The highest BCUT2D eigenvalue weighted by Crippen LogP contribution is 2.33. The Bertz CT molecular complexity index is 688. The first-order chi connectivity index (χ1) is 10.5. The van der Waals surface area contributed by atoms with E-state index in [0.29, 0.717) is 0 Å². The Morgan fingerprint density at radius 2 is 1.23 bits per heavy atom. The van der Waals surface area contributed by atoms with Crippen LogP contribution in [0.1, 0.15) is 0 Å². The minimum absolute atomic E-state index is 0.0132. The third-order valence-corrected chi connectivity index (χ3v) is 3.14. The standard InChI is InChI=1S/C12H8N2O7P/c15-13(16)9-3-1-5-11(7-9)20-22(19)21-12-6-2-4-10(8-12)14(17)18/h1-8H/q+1. The minimum Gasteiger partial charge on any atom is -0.258 e. The number of hydrogen-bond acceptors (Lipinski definition) is 7. The molecule has 22 heavy (non-hydrogen) atoms. The predicted octanol–water partition coefficient (Wildman–Crippen LogP) is 3.62. The minimum atomic E-state index is -2.69. The normalized spacial score (nSPS) is 9.82. The van der Waals surface area contributed by atoms with Gasteiger partial charge in [0.1, 0.15) is 0 Å². The second-order valence-electron chi connectivity index (χ2n) is 3.92. The van der Waals surface area contributed by atoms with Gasteiger partial charge in [-0.2, -0.15) is 0 Å². The Kier molecular flexibility index (Phi) is 4.60. The van der Waals surface area contributed by atoms with Crippen molar-refractivity contribution in [2.24, 2.45) is 0 Å². The van der Waals surface area contributed by atoms with Crippen LogP contribution >= 0.6 is 8.25 Å². The van der Waals surface area contributed by atoms with Gasteiger partial charge in [-0.3, -0.25) is 20.2 Å². The summed E-state index contributed by atoms with van der Waals surface area (Å²) in [5.74, 6) is -0.0264. The maximum absolute atomic E-state index is 11.7. The Morgan fingerprint density at radius 3 is 1.59 bits per heavy atom. The second-order valence-corrected chi connectivity index (χ2v) is 4.73. The van der Waals surface area contributed by atoms with Crippen molar-refractivity contribution in [3.8, 4) is 11.5 Å². The van der Waals surface area contributed by atoms with Gasteiger partial charge in [-0.05, 0) is 12.1 Å². The summed E-state index contributed by atoms with van der Waals surface area (Å²) < 4.78 is 21.6. The average Bonchev–Trinajstić information content (AvgIpc) is 2.47. The van der Waals surface area contributed by atoms with E-state index in [1.165, 1.54) is 36.4 Å². The maximum atomic E-state index is 11.7. The molecule has 0 atom stereocenters. The molecule has 0 saturated heterocycles. The van der Waals surface area contributed by atoms with Crippen LogP contribution in [-0.2, 0) is 4.57 Å². The lowest BCUT2D eigenvalue weighted by Gasteiger charge is -1.95. The number of nitro groups is 2. The van der Waals surface area contributed by atoms with E-state index < -0.39 is 18.1 Å². The van der Waals surface area contributed by atoms with E-state index in [1.54, 1.807) is 0 Å². The monoisotopic (exact) mass is 323 g/mol. The summed E-state index contributed by atoms with van der Waals surface area (Å²) in [6, 6.07) is 10.2. The van der Waals surface area contributed by atoms with Crippen molar-refractivity contribution in [2.45, 2.75) is 0 Å². The van der Waals surface area contributed by atoms with Crippen molar-refractivity contribution in [3.63, 3.8) is 0 Å². The second kappa shape index (κ2) is 6.59. The molecular weight excluding hydrogens is 315 g/mol. The molecule has 0 aliphatic carbocycles. The van der Waals surface area contributed by atoms with Gasteiger partial charge in [-0.1, -0.05) is 12.1 Å². The molecule has 0 heterocycles. The summed E-state index contributed by atoms with van der Waals surface area (Å²) in [7, 11) is -2.69. The summed E-state index contributed by atoms with van der Waals surface area (Å²) in [6.07, 6.45) is 0. The van der Waals surface area contributed by atoms with Crippen LogP contribution < -0.4 is 9.05 Å². The largest absolute Gasteiger partial charge is 0.805 e. The summed E-state index contributed by atoms with van der Waals surface area (Å²) in [6.45, 7) is 0. The van der Waals surface area contributed by atoms with Crippen molar-refractivity contribution in [3.05, 3.63) is 68.8 Å². The van der Waals surface area contributed by atoms with E-state index in [-0.39, 0.29) is 22.9 Å². The first kappa shape index (κ1) is 15.3. The quantitative estimate of drug-likeness (QED) is 0.452. The fraction of sp³-hybridized carbons (Fsp3) is 0. The molecule has 0 saturated carbocycles. The van der Waals surface area contributed by atoms with Crippen LogP contribution in [0.25, 0.3) is 0 Å². The number of non-ortho nitro benzene ring substituents is 2. The van der Waals surface area contributed by atoms with Crippen LogP contribution in [0.2, 0.25) is 0 Å². The molecule has 2 aromatic rings. The van der Waals surface area contributed by atoms with Gasteiger partial charge >= 0.3 is 8.25 Å². The molecule has 0 N–H and O–H groups in total. The average molecular weight is 323 g/mol. The van der Waals surface area contributed by atoms with E-state index in [0.717, 1.165) is 12.1 Å². The van der Waals surface area contributed by atoms with Gasteiger partial charge in [0.25, 0.3) is 11.4 Å². The molecule has 112 valence electrons. The molecule has 0 fully saturated rings. The Hall–Kier alpha value is -3.06. The zero-order chi connectivity index (χ0) is 16.1. The van der Waals surface area contributed by atoms with E-state index in [1.807, 2.05) is 0 Å². The van der Waals surface area contributed by atoms with Gasteiger partial charge in [0.05, 0.1) is 22.0 Å². The number of hydrogen-bond donors (Lipinski definition) is 0. The highest BCUT2D eigenvalue weighted by molar-refractivity contribution is 7.34. The van der Waals surface area contributed by atoms with Gasteiger partial charge < -0.3 is 0 Å². The molecule has 9 nitrogen and oxygen atoms in total. The van der Waals surface area contributed by atoms with E-state index in [9.17, 15) is 24.8 Å². The lowest BCUT2D eigenvalue weighted by atomic mass is 10.3. The fourth-order valence-electron chi connectivity index (χ4n) is 1.50. The van der Waals surface area contributed by atoms with Crippen molar-refractivity contribution in [2.75, 3.05) is 0 Å². The predicted molar refractivity (Wildman–Crippen MR) is 75.1 cm³/mol. The first-order valence-corrected chi connectivity index (χ1v) is 6.87. The SMILES string of the molecule is O=[N+]([O-])c1cccc(O[P+](=O)Oc2cccc([N+](=O)[O-])c2)c1. The Balaban J connectivity index is 2.07. The smallest absolute Gasteiger partial charge is 0.258 e. The number of rotatable bonds is 6. The van der Waals surface area contributed by atoms with Gasteiger partial charge in [0.15, 0.2) is 11.5 Å². The molecule has 2 rings (SSSR count). The molecule has 0 aliphatic rings. The van der Waals surface area contributed by atoms with Gasteiger partial charge in [-0.15, -0.1) is 0 Å². The highest BCUT2D eigenvalue weighted by atomic mass is 31.1. The lowest BCUT2D eigenvalue weighted by Crippen LogP contribution is -1.92. The third-order valence-electron chi connectivity index (χ3n) is 2.42. The van der Waals surface area contributed by atoms with Crippen molar-refractivity contribution < 1.29 is 23.5 Å². The first-order valence-electron chi connectivity index (χ1n) is 5.78. The van der Waals surface area contributed by atoms with E-state index in [4.69, 9.17) is 9.05 Å². The molecule has 0 unspecified atom stereocenters. The molecule has 0 bridgehead atoms. The zero-order valence-corrected chi connectivity index (χ0v) is 11.7. The summed E-state index contributed by atoms with van der Waals surface area (Å²) >= 11 is 0. The molecule has 0 radical (unpaired) electrons. The molecule has 10 heteroatoms. The Morgan fingerprint density at radius 1 is 0.818 bits per heavy atom. The number of nitro benzene ring substituents is 2. The van der Waals surface area contributed by atoms with Gasteiger partial charge in [0, 0.05) is 16.7 Å². The van der Waals surface area contributed by atoms with Crippen LogP contribution in [0.3, 0.4) is 0 Å². The van der Waals surface area contributed by atoms with Crippen LogP contribution in [0, 0.1) is 20.2 Å². The summed E-state index contributed by atoms with van der Waals surface area (Å²) in [4.78, 5) is 20.0. The van der Waals surface area contributed by atoms with Crippen molar-refractivity contribution in [1.82, 2.24) is 0 Å². The number of benzene rings is 2. The molecule has 2 aromatic carbocycles. The van der Waals surface area contributed by atoms with Crippen molar-refractivity contribution in [1.29, 1.82) is 0 Å². The fourth-order valence-corrected chi connectivity index (χ4v) is 2.11. The topological polar surface area (TPSA) is 122 Å². The van der Waals surface area contributed by atoms with Crippen LogP contribution in [0.5, 0.6) is 11.5 Å². The molecule has 0 aromatic heterocycles. The highest BCUT2D eigenvalue weighted by Gasteiger charge is 2.26. The zero-order valence-electron chi connectivity index (χ0n) is 10.8. The Labute approximate surface area is 124 Å².